The van der Waals surface area contributed by atoms with E-state index in [0.29, 0.717) is 45.4 Å². The summed E-state index contributed by atoms with van der Waals surface area (Å²) >= 11 is 0. The van der Waals surface area contributed by atoms with Crippen LogP contribution in [-0.4, -0.2) is 94.6 Å². The molecule has 35 heavy (non-hydrogen) atoms. The summed E-state index contributed by atoms with van der Waals surface area (Å²) in [4.78, 5) is 46.8. The lowest BCUT2D eigenvalue weighted by molar-refractivity contribution is -0.154. The van der Waals surface area contributed by atoms with Crippen molar-refractivity contribution < 1.29 is 24.2 Å². The molecule has 6 atom stereocenters. The summed E-state index contributed by atoms with van der Waals surface area (Å²) in [5.41, 5.74) is -1.86. The standard InChI is InChI=1S/C27H43N3O5/c1-7-10-15-29(14-9-3)25(34)22-27-18-19(4)26(5,35-27)20(23(32)28(6)13-8-2)21(27)24(33)30(22)16-11-12-17-31/h8-9,19-22,31H,2-3,7,10-18H2,1,4-6H3/t19?,20-,21-,22?,26+,27?/m0/s1. The average molecular weight is 490 g/mol. The summed E-state index contributed by atoms with van der Waals surface area (Å²) < 4.78 is 6.76. The smallest absolute Gasteiger partial charge is 0.248 e. The van der Waals surface area contributed by atoms with E-state index in [1.165, 1.54) is 0 Å². The number of aliphatic hydroxyl groups excluding tert-OH is 1. The van der Waals surface area contributed by atoms with Crippen molar-refractivity contribution in [3.05, 3.63) is 25.3 Å². The third-order valence-electron chi connectivity index (χ3n) is 8.34. The number of aliphatic hydroxyl groups is 1. The van der Waals surface area contributed by atoms with Crippen LogP contribution in [0.4, 0.5) is 0 Å². The Bertz CT molecular complexity index is 847. The summed E-state index contributed by atoms with van der Waals surface area (Å²) in [6, 6.07) is -0.790. The molecule has 0 aromatic heterocycles. The first-order valence-corrected chi connectivity index (χ1v) is 13.0. The molecule has 3 saturated heterocycles. The van der Waals surface area contributed by atoms with E-state index in [-0.39, 0.29) is 30.2 Å². The van der Waals surface area contributed by atoms with Crippen molar-refractivity contribution in [3.63, 3.8) is 0 Å². The molecule has 8 nitrogen and oxygen atoms in total. The molecule has 3 fully saturated rings. The van der Waals surface area contributed by atoms with E-state index in [0.717, 1.165) is 12.8 Å². The number of hydrogen-bond donors (Lipinski definition) is 1. The van der Waals surface area contributed by atoms with Gasteiger partial charge in [0, 0.05) is 39.8 Å². The Morgan fingerprint density at radius 2 is 1.89 bits per heavy atom. The highest BCUT2D eigenvalue weighted by Crippen LogP contribution is 2.65. The highest BCUT2D eigenvalue weighted by Gasteiger charge is 2.80. The number of amides is 3. The number of carbonyl (C=O) groups is 3. The summed E-state index contributed by atoms with van der Waals surface area (Å²) in [5.74, 6) is -1.82. The van der Waals surface area contributed by atoms with Crippen LogP contribution in [0.2, 0.25) is 0 Å². The van der Waals surface area contributed by atoms with Gasteiger partial charge in [0.25, 0.3) is 0 Å². The van der Waals surface area contributed by atoms with Crippen molar-refractivity contribution >= 4 is 17.7 Å². The number of rotatable bonds is 13. The predicted octanol–water partition coefficient (Wildman–Crippen LogP) is 2.23. The summed E-state index contributed by atoms with van der Waals surface area (Å²) in [6.07, 6.45) is 6.83. The van der Waals surface area contributed by atoms with Crippen LogP contribution in [0.15, 0.2) is 25.3 Å². The maximum absolute atomic E-state index is 14.1. The molecule has 2 bridgehead atoms. The van der Waals surface area contributed by atoms with Crippen molar-refractivity contribution in [2.24, 2.45) is 17.8 Å². The van der Waals surface area contributed by atoms with Crippen LogP contribution >= 0.6 is 0 Å². The van der Waals surface area contributed by atoms with Gasteiger partial charge in [-0.05, 0) is 38.5 Å². The highest BCUT2D eigenvalue weighted by molar-refractivity contribution is 5.99. The molecule has 3 aliphatic heterocycles. The fourth-order valence-electron chi connectivity index (χ4n) is 6.52. The van der Waals surface area contributed by atoms with Crippen molar-refractivity contribution in [2.75, 3.05) is 39.8 Å². The number of ether oxygens (including phenoxy) is 1. The third-order valence-corrected chi connectivity index (χ3v) is 8.34. The van der Waals surface area contributed by atoms with Gasteiger partial charge in [-0.1, -0.05) is 32.4 Å². The minimum Gasteiger partial charge on any atom is -0.396 e. The molecular weight excluding hydrogens is 446 g/mol. The molecule has 8 heteroatoms. The van der Waals surface area contributed by atoms with Crippen molar-refractivity contribution in [1.29, 1.82) is 0 Å². The van der Waals surface area contributed by atoms with E-state index in [1.54, 1.807) is 33.9 Å². The number of nitrogens with zero attached hydrogens (tertiary/aromatic N) is 3. The first kappa shape index (κ1) is 27.4. The average Bonchev–Trinajstić information content (AvgIpc) is 3.33. The first-order valence-electron chi connectivity index (χ1n) is 13.0. The predicted molar refractivity (Wildman–Crippen MR) is 134 cm³/mol. The van der Waals surface area contributed by atoms with E-state index in [1.807, 2.05) is 6.92 Å². The molecule has 0 radical (unpaired) electrons. The summed E-state index contributed by atoms with van der Waals surface area (Å²) in [7, 11) is 1.72. The zero-order valence-electron chi connectivity index (χ0n) is 21.9. The fraction of sp³-hybridized carbons (Fsp3) is 0.741. The molecule has 3 unspecified atom stereocenters. The van der Waals surface area contributed by atoms with E-state index in [4.69, 9.17) is 4.74 Å². The van der Waals surface area contributed by atoms with Gasteiger partial charge in [0.05, 0.1) is 17.4 Å². The molecule has 1 spiro atoms. The Morgan fingerprint density at radius 3 is 2.49 bits per heavy atom. The molecule has 3 aliphatic rings. The second-order valence-corrected chi connectivity index (χ2v) is 10.6. The molecule has 0 aliphatic carbocycles. The lowest BCUT2D eigenvalue weighted by Crippen LogP contribution is -2.57. The molecule has 3 amide bonds. The summed E-state index contributed by atoms with van der Waals surface area (Å²) in [5, 5.41) is 9.32. The number of likely N-dealkylation sites (N-methyl/N-ethyl adjacent to an activating group) is 1. The molecule has 3 rings (SSSR count). The van der Waals surface area contributed by atoms with Crippen LogP contribution in [0.25, 0.3) is 0 Å². The first-order chi connectivity index (χ1) is 16.6. The fourth-order valence-corrected chi connectivity index (χ4v) is 6.52. The number of hydrogen-bond acceptors (Lipinski definition) is 5. The lowest BCUT2D eigenvalue weighted by atomic mass is 9.62. The second kappa shape index (κ2) is 10.8. The van der Waals surface area contributed by atoms with Gasteiger partial charge in [0.2, 0.25) is 17.7 Å². The van der Waals surface area contributed by atoms with Gasteiger partial charge in [-0.3, -0.25) is 14.4 Å². The van der Waals surface area contributed by atoms with E-state index < -0.39 is 29.1 Å². The zero-order chi connectivity index (χ0) is 26.0. The van der Waals surface area contributed by atoms with Crippen LogP contribution in [0.3, 0.4) is 0 Å². The summed E-state index contributed by atoms with van der Waals surface area (Å²) in [6.45, 7) is 15.3. The van der Waals surface area contributed by atoms with Crippen molar-refractivity contribution in [3.8, 4) is 0 Å². The molecule has 0 aromatic carbocycles. The van der Waals surface area contributed by atoms with Gasteiger partial charge in [0.1, 0.15) is 11.6 Å². The molecule has 196 valence electrons. The van der Waals surface area contributed by atoms with E-state index in [2.05, 4.69) is 27.0 Å². The van der Waals surface area contributed by atoms with Gasteiger partial charge in [-0.2, -0.15) is 0 Å². The van der Waals surface area contributed by atoms with Crippen molar-refractivity contribution in [1.82, 2.24) is 14.7 Å². The number of fused-ring (bicyclic) bond motifs is 1. The van der Waals surface area contributed by atoms with Crippen LogP contribution in [-0.2, 0) is 19.1 Å². The Morgan fingerprint density at radius 1 is 1.20 bits per heavy atom. The van der Waals surface area contributed by atoms with Crippen molar-refractivity contribution in [2.45, 2.75) is 70.1 Å². The van der Waals surface area contributed by atoms with Crippen LogP contribution in [0.5, 0.6) is 0 Å². The van der Waals surface area contributed by atoms with E-state index in [9.17, 15) is 19.5 Å². The highest BCUT2D eigenvalue weighted by atomic mass is 16.5. The third kappa shape index (κ3) is 4.44. The second-order valence-electron chi connectivity index (χ2n) is 10.6. The maximum atomic E-state index is 14.1. The number of unbranched alkanes of at least 4 members (excludes halogenated alkanes) is 2. The van der Waals surface area contributed by atoms with Gasteiger partial charge < -0.3 is 24.5 Å². The van der Waals surface area contributed by atoms with Gasteiger partial charge in [0.15, 0.2) is 0 Å². The maximum Gasteiger partial charge on any atom is 0.248 e. The molecular formula is C27H43N3O5. The van der Waals surface area contributed by atoms with Gasteiger partial charge in [-0.15, -0.1) is 13.2 Å². The largest absolute Gasteiger partial charge is 0.396 e. The lowest BCUT2D eigenvalue weighted by Gasteiger charge is -2.38. The Labute approximate surface area is 210 Å². The molecule has 1 N–H and O–H groups in total. The minimum atomic E-state index is -1.04. The zero-order valence-corrected chi connectivity index (χ0v) is 21.9. The Balaban J connectivity index is 2.07. The molecule has 3 heterocycles. The minimum absolute atomic E-state index is 0.00817. The Kier molecular flexibility index (Phi) is 8.48. The number of carbonyl (C=O) groups excluding carboxylic acids is 3. The van der Waals surface area contributed by atoms with Crippen LogP contribution in [0, 0.1) is 17.8 Å². The van der Waals surface area contributed by atoms with E-state index >= 15 is 0 Å². The van der Waals surface area contributed by atoms with Gasteiger partial charge >= 0.3 is 0 Å². The van der Waals surface area contributed by atoms with Crippen LogP contribution < -0.4 is 0 Å². The number of likely N-dealkylation sites (tertiary alicyclic amines) is 1. The molecule has 0 aromatic rings. The topological polar surface area (TPSA) is 90.4 Å². The van der Waals surface area contributed by atoms with Crippen LogP contribution in [0.1, 0.15) is 52.9 Å². The SMILES string of the molecule is C=CCN(C)C(=O)[C@@H]1[C@H]2C(=O)N(CCCCO)C(C(=O)N(CC=C)CCCC)C23CC(C)[C@@]1(C)O3. The monoisotopic (exact) mass is 489 g/mol. The van der Waals surface area contributed by atoms with Gasteiger partial charge in [-0.25, -0.2) is 0 Å². The quantitative estimate of drug-likeness (QED) is 0.317. The Hall–Kier alpha value is -2.19. The normalized spacial score (nSPS) is 33.1. The molecule has 0 saturated carbocycles.